The van der Waals surface area contributed by atoms with Crippen LogP contribution in [0.5, 0.6) is 11.5 Å². The molecule has 3 heterocycles. The molecule has 4 rings (SSSR count). The molecule has 0 spiro atoms. The summed E-state index contributed by atoms with van der Waals surface area (Å²) in [5.74, 6) is 2.07. The largest absolute Gasteiger partial charge is 0.490 e. The van der Waals surface area contributed by atoms with Gasteiger partial charge in [0.25, 0.3) is 0 Å². The third-order valence-electron chi connectivity index (χ3n) is 4.77. The number of thioether (sulfide) groups is 1. The van der Waals surface area contributed by atoms with Crippen molar-refractivity contribution in [1.29, 1.82) is 0 Å². The van der Waals surface area contributed by atoms with Crippen LogP contribution in [-0.4, -0.2) is 41.3 Å². The second-order valence-corrected chi connectivity index (χ2v) is 8.04. The summed E-state index contributed by atoms with van der Waals surface area (Å²) >= 11 is 7.30. The molecule has 1 aromatic carbocycles. The fourth-order valence-corrected chi connectivity index (χ4v) is 4.31. The van der Waals surface area contributed by atoms with Crippen molar-refractivity contribution >= 4 is 29.3 Å². The first-order chi connectivity index (χ1) is 13.2. The molecule has 5 nitrogen and oxygen atoms in total. The minimum atomic E-state index is 0.0911. The fourth-order valence-electron chi connectivity index (χ4n) is 3.47. The molecule has 1 fully saturated rings. The summed E-state index contributed by atoms with van der Waals surface area (Å²) in [4.78, 5) is 19.0. The highest BCUT2D eigenvalue weighted by Crippen LogP contribution is 2.38. The summed E-state index contributed by atoms with van der Waals surface area (Å²) < 4.78 is 11.5. The Hall–Kier alpha value is -1.92. The molecule has 1 amide bonds. The molecule has 1 aromatic heterocycles. The van der Waals surface area contributed by atoms with Crippen LogP contribution in [0.15, 0.2) is 41.6 Å². The van der Waals surface area contributed by atoms with Crippen molar-refractivity contribution in [2.24, 2.45) is 0 Å². The van der Waals surface area contributed by atoms with Gasteiger partial charge < -0.3 is 14.4 Å². The number of fused-ring (bicyclic) bond motifs is 1. The molecule has 2 aliphatic heterocycles. The SMILES string of the molecule is O=C(CSc1ccc(Cl)cn1)N1CCCC1c1ccc2c(c1)OCCCO2. The summed E-state index contributed by atoms with van der Waals surface area (Å²) in [5.41, 5.74) is 1.11. The number of likely N-dealkylation sites (tertiary alicyclic amines) is 1. The highest BCUT2D eigenvalue weighted by Gasteiger charge is 2.30. The van der Waals surface area contributed by atoms with E-state index in [0.29, 0.717) is 24.0 Å². The van der Waals surface area contributed by atoms with Gasteiger partial charge in [-0.2, -0.15) is 0 Å². The number of rotatable bonds is 4. The molecule has 0 aliphatic carbocycles. The second-order valence-electron chi connectivity index (χ2n) is 6.61. The molecule has 0 saturated carbocycles. The summed E-state index contributed by atoms with van der Waals surface area (Å²) in [7, 11) is 0. The van der Waals surface area contributed by atoms with Crippen LogP contribution in [0.1, 0.15) is 30.9 Å². The molecule has 1 saturated heterocycles. The van der Waals surface area contributed by atoms with Crippen LogP contribution in [0.25, 0.3) is 0 Å². The molecule has 0 bridgehead atoms. The van der Waals surface area contributed by atoms with E-state index in [2.05, 4.69) is 11.1 Å². The van der Waals surface area contributed by atoms with E-state index in [1.54, 1.807) is 12.3 Å². The molecule has 1 atom stereocenters. The van der Waals surface area contributed by atoms with Crippen molar-refractivity contribution in [2.75, 3.05) is 25.5 Å². The molecule has 2 aliphatic rings. The number of aromatic nitrogens is 1. The molecule has 0 N–H and O–H groups in total. The van der Waals surface area contributed by atoms with Crippen molar-refractivity contribution in [3.05, 3.63) is 47.1 Å². The quantitative estimate of drug-likeness (QED) is 0.709. The van der Waals surface area contributed by atoms with Gasteiger partial charge in [0.2, 0.25) is 5.91 Å². The van der Waals surface area contributed by atoms with Gasteiger partial charge in [-0.05, 0) is 42.7 Å². The maximum Gasteiger partial charge on any atom is 0.233 e. The van der Waals surface area contributed by atoms with Crippen molar-refractivity contribution in [3.63, 3.8) is 0 Å². The molecule has 0 radical (unpaired) electrons. The molecular formula is C20H21ClN2O3S. The maximum absolute atomic E-state index is 12.8. The van der Waals surface area contributed by atoms with Crippen LogP contribution in [-0.2, 0) is 4.79 Å². The summed E-state index contributed by atoms with van der Waals surface area (Å²) in [6, 6.07) is 9.77. The Balaban J connectivity index is 1.44. The van der Waals surface area contributed by atoms with Gasteiger partial charge in [-0.3, -0.25) is 4.79 Å². The molecule has 2 aromatic rings. The van der Waals surface area contributed by atoms with Crippen LogP contribution in [0.2, 0.25) is 5.02 Å². The Labute approximate surface area is 168 Å². The fraction of sp³-hybridized carbons (Fsp3) is 0.400. The zero-order valence-corrected chi connectivity index (χ0v) is 16.5. The number of ether oxygens (including phenoxy) is 2. The van der Waals surface area contributed by atoms with Crippen molar-refractivity contribution in [1.82, 2.24) is 9.88 Å². The van der Waals surface area contributed by atoms with Gasteiger partial charge in [-0.25, -0.2) is 4.98 Å². The topological polar surface area (TPSA) is 51.7 Å². The highest BCUT2D eigenvalue weighted by molar-refractivity contribution is 7.99. The van der Waals surface area contributed by atoms with E-state index < -0.39 is 0 Å². The Morgan fingerprint density at radius 3 is 2.85 bits per heavy atom. The van der Waals surface area contributed by atoms with Gasteiger partial charge in [-0.1, -0.05) is 29.4 Å². The van der Waals surface area contributed by atoms with Crippen molar-refractivity contribution < 1.29 is 14.3 Å². The highest BCUT2D eigenvalue weighted by atomic mass is 35.5. The third kappa shape index (κ3) is 4.33. The molecule has 142 valence electrons. The number of hydrogen-bond donors (Lipinski definition) is 0. The monoisotopic (exact) mass is 404 g/mol. The van der Waals surface area contributed by atoms with Crippen LogP contribution in [0, 0.1) is 0 Å². The van der Waals surface area contributed by atoms with E-state index in [4.69, 9.17) is 21.1 Å². The predicted molar refractivity (Wildman–Crippen MR) is 106 cm³/mol. The van der Waals surface area contributed by atoms with Gasteiger partial charge in [0, 0.05) is 19.2 Å². The minimum absolute atomic E-state index is 0.0911. The molecule has 1 unspecified atom stereocenters. The number of pyridine rings is 1. The lowest BCUT2D eigenvalue weighted by Gasteiger charge is -2.25. The molecule has 27 heavy (non-hydrogen) atoms. The maximum atomic E-state index is 12.8. The van der Waals surface area contributed by atoms with E-state index in [0.717, 1.165) is 47.9 Å². The van der Waals surface area contributed by atoms with Crippen LogP contribution < -0.4 is 9.47 Å². The average molecular weight is 405 g/mol. The van der Waals surface area contributed by atoms with E-state index in [-0.39, 0.29) is 11.9 Å². The number of carbonyl (C=O) groups is 1. The summed E-state index contributed by atoms with van der Waals surface area (Å²) in [5, 5.41) is 1.40. The van der Waals surface area contributed by atoms with E-state index in [9.17, 15) is 4.79 Å². The van der Waals surface area contributed by atoms with Crippen LogP contribution >= 0.6 is 23.4 Å². The summed E-state index contributed by atoms with van der Waals surface area (Å²) in [6.45, 7) is 2.12. The standard InChI is InChI=1S/C20H21ClN2O3S/c21-15-5-7-19(22-12-15)27-13-20(24)23-8-1-3-16(23)14-4-6-17-18(11-14)26-10-2-9-25-17/h4-7,11-12,16H,1-3,8-10,13H2. The minimum Gasteiger partial charge on any atom is -0.490 e. The van der Waals surface area contributed by atoms with E-state index in [1.807, 2.05) is 23.1 Å². The van der Waals surface area contributed by atoms with E-state index in [1.165, 1.54) is 11.8 Å². The lowest BCUT2D eigenvalue weighted by atomic mass is 10.0. The zero-order valence-electron chi connectivity index (χ0n) is 14.9. The van der Waals surface area contributed by atoms with Gasteiger partial charge in [-0.15, -0.1) is 0 Å². The van der Waals surface area contributed by atoms with Crippen LogP contribution in [0.4, 0.5) is 0 Å². The van der Waals surface area contributed by atoms with Crippen LogP contribution in [0.3, 0.4) is 0 Å². The number of nitrogens with zero attached hydrogens (tertiary/aromatic N) is 2. The first-order valence-electron chi connectivity index (χ1n) is 9.14. The smallest absolute Gasteiger partial charge is 0.233 e. The Kier molecular flexibility index (Phi) is 5.74. The van der Waals surface area contributed by atoms with Crippen molar-refractivity contribution in [3.8, 4) is 11.5 Å². The molecule has 7 heteroatoms. The molecular weight excluding hydrogens is 384 g/mol. The van der Waals surface area contributed by atoms with Gasteiger partial charge in [0.05, 0.1) is 35.1 Å². The Morgan fingerprint density at radius 1 is 1.19 bits per heavy atom. The summed E-state index contributed by atoms with van der Waals surface area (Å²) in [6.07, 6.45) is 4.46. The second kappa shape index (κ2) is 8.40. The predicted octanol–water partition coefficient (Wildman–Crippen LogP) is 4.35. The van der Waals surface area contributed by atoms with Gasteiger partial charge in [0.1, 0.15) is 0 Å². The first kappa shape index (κ1) is 18.4. The number of carbonyl (C=O) groups excluding carboxylic acids is 1. The number of hydrogen-bond acceptors (Lipinski definition) is 5. The number of amides is 1. The zero-order chi connectivity index (χ0) is 18.6. The van der Waals surface area contributed by atoms with Gasteiger partial charge >= 0.3 is 0 Å². The lowest BCUT2D eigenvalue weighted by Crippen LogP contribution is -2.32. The van der Waals surface area contributed by atoms with E-state index >= 15 is 0 Å². The lowest BCUT2D eigenvalue weighted by molar-refractivity contribution is -0.129. The Bertz CT molecular complexity index is 815. The van der Waals surface area contributed by atoms with Gasteiger partial charge in [0.15, 0.2) is 11.5 Å². The van der Waals surface area contributed by atoms with Crippen molar-refractivity contribution in [2.45, 2.75) is 30.3 Å². The number of halogens is 1. The third-order valence-corrected chi connectivity index (χ3v) is 5.93. The number of benzene rings is 1. The average Bonchev–Trinajstić information content (AvgIpc) is 3.06. The first-order valence-corrected chi connectivity index (χ1v) is 10.5. The Morgan fingerprint density at radius 2 is 2.04 bits per heavy atom. The normalized spacial score (nSPS) is 19.0.